The number of anilines is 1. The van der Waals surface area contributed by atoms with E-state index in [0.29, 0.717) is 16.5 Å². The highest BCUT2D eigenvalue weighted by molar-refractivity contribution is 6.32. The van der Waals surface area contributed by atoms with E-state index in [4.69, 9.17) is 16.3 Å². The van der Waals surface area contributed by atoms with Gasteiger partial charge >= 0.3 is 0 Å². The first kappa shape index (κ1) is 15.8. The SMILES string of the molecule is C[C@H](Oc1ccccc1Cl)C(=O)Nc1cccc([N+](=O)[O-])c1. The molecule has 0 saturated carbocycles. The molecule has 0 unspecified atom stereocenters. The fourth-order valence-electron chi connectivity index (χ4n) is 1.73. The molecule has 22 heavy (non-hydrogen) atoms. The van der Waals surface area contributed by atoms with Crippen LogP contribution in [0.2, 0.25) is 5.02 Å². The van der Waals surface area contributed by atoms with E-state index in [1.54, 1.807) is 37.3 Å². The van der Waals surface area contributed by atoms with Gasteiger partial charge in [0.1, 0.15) is 5.75 Å². The predicted octanol–water partition coefficient (Wildman–Crippen LogP) is 3.65. The number of nitro groups is 1. The Labute approximate surface area is 131 Å². The van der Waals surface area contributed by atoms with Crippen molar-refractivity contribution in [1.29, 1.82) is 0 Å². The van der Waals surface area contributed by atoms with Crippen molar-refractivity contribution in [2.45, 2.75) is 13.0 Å². The summed E-state index contributed by atoms with van der Waals surface area (Å²) in [5, 5.41) is 13.7. The van der Waals surface area contributed by atoms with Gasteiger partial charge in [-0.15, -0.1) is 0 Å². The fraction of sp³-hybridized carbons (Fsp3) is 0.133. The van der Waals surface area contributed by atoms with Gasteiger partial charge in [-0.25, -0.2) is 0 Å². The van der Waals surface area contributed by atoms with Crippen LogP contribution in [0.1, 0.15) is 6.92 Å². The molecular formula is C15H13ClN2O4. The predicted molar refractivity (Wildman–Crippen MR) is 83.3 cm³/mol. The summed E-state index contributed by atoms with van der Waals surface area (Å²) in [5.41, 5.74) is 0.228. The second-order valence-corrected chi connectivity index (χ2v) is 4.89. The highest BCUT2D eigenvalue weighted by Crippen LogP contribution is 2.24. The summed E-state index contributed by atoms with van der Waals surface area (Å²) >= 11 is 5.96. The molecule has 2 rings (SSSR count). The van der Waals surface area contributed by atoms with Crippen LogP contribution < -0.4 is 10.1 Å². The second-order valence-electron chi connectivity index (χ2n) is 4.49. The Bertz CT molecular complexity index is 705. The Hall–Kier alpha value is -2.60. The molecule has 0 aliphatic carbocycles. The summed E-state index contributed by atoms with van der Waals surface area (Å²) < 4.78 is 5.48. The van der Waals surface area contributed by atoms with Gasteiger partial charge in [0.25, 0.3) is 11.6 Å². The van der Waals surface area contributed by atoms with Crippen LogP contribution in [0, 0.1) is 10.1 Å². The average molecular weight is 321 g/mol. The average Bonchev–Trinajstić information content (AvgIpc) is 2.49. The van der Waals surface area contributed by atoms with Gasteiger partial charge in [0, 0.05) is 17.8 Å². The topological polar surface area (TPSA) is 81.5 Å². The standard InChI is InChI=1S/C15H13ClN2O4/c1-10(22-14-8-3-2-7-13(14)16)15(19)17-11-5-4-6-12(9-11)18(20)21/h2-10H,1H3,(H,17,19)/t10-/m0/s1. The van der Waals surface area contributed by atoms with Crippen molar-refractivity contribution in [3.05, 3.63) is 63.7 Å². The summed E-state index contributed by atoms with van der Waals surface area (Å²) in [5.74, 6) is -0.0359. The minimum absolute atomic E-state index is 0.0996. The molecule has 2 aromatic carbocycles. The van der Waals surface area contributed by atoms with Crippen LogP contribution in [0.25, 0.3) is 0 Å². The van der Waals surface area contributed by atoms with Crippen molar-refractivity contribution in [3.8, 4) is 5.75 Å². The Morgan fingerprint density at radius 3 is 2.68 bits per heavy atom. The maximum atomic E-state index is 12.1. The van der Waals surface area contributed by atoms with Crippen molar-refractivity contribution in [2.24, 2.45) is 0 Å². The molecule has 0 fully saturated rings. The Kier molecular flexibility index (Phi) is 4.95. The fourth-order valence-corrected chi connectivity index (χ4v) is 1.91. The maximum absolute atomic E-state index is 12.1. The van der Waals surface area contributed by atoms with Gasteiger partial charge in [-0.2, -0.15) is 0 Å². The monoisotopic (exact) mass is 320 g/mol. The van der Waals surface area contributed by atoms with Crippen molar-refractivity contribution in [2.75, 3.05) is 5.32 Å². The molecule has 0 radical (unpaired) electrons. The molecule has 114 valence electrons. The molecule has 0 saturated heterocycles. The third-order valence-corrected chi connectivity index (χ3v) is 3.15. The van der Waals surface area contributed by atoms with Crippen LogP contribution in [0.15, 0.2) is 48.5 Å². The first-order valence-electron chi connectivity index (χ1n) is 6.44. The lowest BCUT2D eigenvalue weighted by atomic mass is 10.2. The highest BCUT2D eigenvalue weighted by Gasteiger charge is 2.17. The molecule has 7 heteroatoms. The molecule has 0 aliphatic heterocycles. The number of amides is 1. The highest BCUT2D eigenvalue weighted by atomic mass is 35.5. The number of benzene rings is 2. The number of carbonyl (C=O) groups excluding carboxylic acids is 1. The van der Waals surface area contributed by atoms with E-state index >= 15 is 0 Å². The molecule has 6 nitrogen and oxygen atoms in total. The molecule has 0 heterocycles. The van der Waals surface area contributed by atoms with Gasteiger partial charge < -0.3 is 10.1 Å². The number of rotatable bonds is 5. The maximum Gasteiger partial charge on any atom is 0.271 e. The number of nitrogens with zero attached hydrogens (tertiary/aromatic N) is 1. The van der Waals surface area contributed by atoms with E-state index in [1.165, 1.54) is 18.2 Å². The summed E-state index contributed by atoms with van der Waals surface area (Å²) in [6, 6.07) is 12.5. The van der Waals surface area contributed by atoms with E-state index in [1.807, 2.05) is 0 Å². The quantitative estimate of drug-likeness (QED) is 0.673. The van der Waals surface area contributed by atoms with Gasteiger partial charge in [0.2, 0.25) is 0 Å². The van der Waals surface area contributed by atoms with E-state index < -0.39 is 16.9 Å². The Morgan fingerprint density at radius 2 is 2.00 bits per heavy atom. The van der Waals surface area contributed by atoms with E-state index in [2.05, 4.69) is 5.32 Å². The second kappa shape index (κ2) is 6.91. The van der Waals surface area contributed by atoms with E-state index in [9.17, 15) is 14.9 Å². The number of hydrogen-bond acceptors (Lipinski definition) is 4. The van der Waals surface area contributed by atoms with Crippen LogP contribution in [0.4, 0.5) is 11.4 Å². The number of ether oxygens (including phenoxy) is 1. The molecule has 1 N–H and O–H groups in total. The number of halogens is 1. The van der Waals surface area contributed by atoms with Gasteiger partial charge in [0.15, 0.2) is 6.10 Å². The summed E-state index contributed by atoms with van der Waals surface area (Å²) in [7, 11) is 0. The molecule has 1 atom stereocenters. The number of carbonyl (C=O) groups is 1. The first-order chi connectivity index (χ1) is 10.5. The normalized spacial score (nSPS) is 11.5. The smallest absolute Gasteiger partial charge is 0.271 e. The Balaban J connectivity index is 2.04. The van der Waals surface area contributed by atoms with Gasteiger partial charge in [-0.3, -0.25) is 14.9 Å². The zero-order valence-electron chi connectivity index (χ0n) is 11.7. The van der Waals surface area contributed by atoms with Crippen LogP contribution >= 0.6 is 11.6 Å². The van der Waals surface area contributed by atoms with Crippen LogP contribution in [0.5, 0.6) is 5.75 Å². The molecule has 0 aromatic heterocycles. The lowest BCUT2D eigenvalue weighted by molar-refractivity contribution is -0.384. The zero-order chi connectivity index (χ0) is 16.1. The minimum atomic E-state index is -0.806. The number of nitro benzene ring substituents is 1. The third-order valence-electron chi connectivity index (χ3n) is 2.83. The number of hydrogen-bond donors (Lipinski definition) is 1. The van der Waals surface area contributed by atoms with Crippen LogP contribution in [-0.2, 0) is 4.79 Å². The molecule has 0 aliphatic rings. The van der Waals surface area contributed by atoms with Crippen LogP contribution in [0.3, 0.4) is 0 Å². The number of nitrogens with one attached hydrogen (secondary N) is 1. The molecule has 1 amide bonds. The minimum Gasteiger partial charge on any atom is -0.479 e. The first-order valence-corrected chi connectivity index (χ1v) is 6.81. The molecular weight excluding hydrogens is 308 g/mol. The lowest BCUT2D eigenvalue weighted by Gasteiger charge is -2.15. The van der Waals surface area contributed by atoms with Gasteiger partial charge in [0.05, 0.1) is 9.95 Å². The van der Waals surface area contributed by atoms with Crippen molar-refractivity contribution in [3.63, 3.8) is 0 Å². The summed E-state index contributed by atoms with van der Waals surface area (Å²) in [6.45, 7) is 1.57. The van der Waals surface area contributed by atoms with Crippen molar-refractivity contribution in [1.82, 2.24) is 0 Å². The molecule has 0 bridgehead atoms. The van der Waals surface area contributed by atoms with Gasteiger partial charge in [-0.1, -0.05) is 29.8 Å². The van der Waals surface area contributed by atoms with Crippen molar-refractivity contribution < 1.29 is 14.5 Å². The number of para-hydroxylation sites is 1. The van der Waals surface area contributed by atoms with Crippen molar-refractivity contribution >= 4 is 28.9 Å². The summed E-state index contributed by atoms with van der Waals surface area (Å²) in [6.07, 6.45) is -0.806. The molecule has 2 aromatic rings. The Morgan fingerprint density at radius 1 is 1.27 bits per heavy atom. The van der Waals surface area contributed by atoms with Crippen LogP contribution in [-0.4, -0.2) is 16.9 Å². The van der Waals surface area contributed by atoms with E-state index in [0.717, 1.165) is 0 Å². The largest absolute Gasteiger partial charge is 0.479 e. The lowest BCUT2D eigenvalue weighted by Crippen LogP contribution is -2.30. The summed E-state index contributed by atoms with van der Waals surface area (Å²) in [4.78, 5) is 22.2. The third kappa shape index (κ3) is 3.95. The van der Waals surface area contributed by atoms with Gasteiger partial charge in [-0.05, 0) is 25.1 Å². The zero-order valence-corrected chi connectivity index (χ0v) is 12.4. The number of non-ortho nitro benzene ring substituents is 1. The molecule has 0 spiro atoms. The van der Waals surface area contributed by atoms with E-state index in [-0.39, 0.29) is 5.69 Å².